The van der Waals surface area contributed by atoms with E-state index < -0.39 is 5.82 Å². The van der Waals surface area contributed by atoms with Gasteiger partial charge in [0.2, 0.25) is 11.8 Å². The maximum Gasteiger partial charge on any atom is 0.246 e. The van der Waals surface area contributed by atoms with Gasteiger partial charge in [0.25, 0.3) is 0 Å². The predicted molar refractivity (Wildman–Crippen MR) is 122 cm³/mol. The predicted octanol–water partition coefficient (Wildman–Crippen LogP) is 2.54. The number of aryl methyl sites for hydroxylation is 1. The van der Waals surface area contributed by atoms with E-state index in [4.69, 9.17) is 4.74 Å². The van der Waals surface area contributed by atoms with Crippen LogP contribution < -0.4 is 4.74 Å². The molecule has 1 saturated carbocycles. The van der Waals surface area contributed by atoms with E-state index in [0.717, 1.165) is 31.0 Å². The van der Waals surface area contributed by atoms with Crippen LogP contribution in [0.3, 0.4) is 0 Å². The SMILES string of the molecule is CN(C)C/C=C/C(=O)N(C)[C@H]1CCC[C@@H](Oc2nc(-c3cnn(C)c3)cn3ncc(F)c23)C1. The topological polar surface area (TPSA) is 80.8 Å². The van der Waals surface area contributed by atoms with Crippen molar-refractivity contribution in [1.82, 2.24) is 34.2 Å². The monoisotopic (exact) mass is 455 g/mol. The number of hydrogen-bond acceptors (Lipinski definition) is 6. The maximum atomic E-state index is 14.5. The van der Waals surface area contributed by atoms with Gasteiger partial charge in [0.1, 0.15) is 6.10 Å². The van der Waals surface area contributed by atoms with Crippen molar-refractivity contribution in [3.8, 4) is 17.1 Å². The number of amides is 1. The van der Waals surface area contributed by atoms with Crippen molar-refractivity contribution in [1.29, 1.82) is 0 Å². The van der Waals surface area contributed by atoms with Crippen molar-refractivity contribution in [3.63, 3.8) is 0 Å². The van der Waals surface area contributed by atoms with Gasteiger partial charge in [0, 0.05) is 50.9 Å². The lowest BCUT2D eigenvalue weighted by molar-refractivity contribution is -0.127. The van der Waals surface area contributed by atoms with Crippen LogP contribution >= 0.6 is 0 Å². The van der Waals surface area contributed by atoms with Crippen LogP contribution in [-0.4, -0.2) is 79.9 Å². The minimum Gasteiger partial charge on any atom is -0.473 e. The fraction of sp³-hybridized carbons (Fsp3) is 0.478. The fourth-order valence-corrected chi connectivity index (χ4v) is 4.12. The van der Waals surface area contributed by atoms with Gasteiger partial charge in [-0.25, -0.2) is 13.9 Å². The van der Waals surface area contributed by atoms with Crippen LogP contribution in [0.1, 0.15) is 25.7 Å². The quantitative estimate of drug-likeness (QED) is 0.510. The third kappa shape index (κ3) is 5.22. The summed E-state index contributed by atoms with van der Waals surface area (Å²) in [5.41, 5.74) is 1.59. The van der Waals surface area contributed by atoms with Crippen molar-refractivity contribution in [2.24, 2.45) is 7.05 Å². The van der Waals surface area contributed by atoms with Gasteiger partial charge < -0.3 is 14.5 Å². The van der Waals surface area contributed by atoms with E-state index in [1.165, 1.54) is 4.52 Å². The van der Waals surface area contributed by atoms with Gasteiger partial charge >= 0.3 is 0 Å². The molecule has 0 aromatic carbocycles. The molecule has 0 N–H and O–H groups in total. The summed E-state index contributed by atoms with van der Waals surface area (Å²) in [5.74, 6) is -0.304. The Balaban J connectivity index is 1.52. The number of carbonyl (C=O) groups excluding carboxylic acids is 1. The van der Waals surface area contributed by atoms with Crippen molar-refractivity contribution in [2.75, 3.05) is 27.7 Å². The second-order valence-electron chi connectivity index (χ2n) is 8.79. The van der Waals surface area contributed by atoms with Crippen LogP contribution in [0.25, 0.3) is 16.8 Å². The van der Waals surface area contributed by atoms with Crippen LogP contribution in [-0.2, 0) is 11.8 Å². The molecule has 0 bridgehead atoms. The highest BCUT2D eigenvalue weighted by molar-refractivity contribution is 5.87. The number of ether oxygens (including phenoxy) is 1. The number of hydrogen-bond donors (Lipinski definition) is 0. The highest BCUT2D eigenvalue weighted by atomic mass is 19.1. The minimum atomic E-state index is -0.485. The van der Waals surface area contributed by atoms with Crippen molar-refractivity contribution in [3.05, 3.63) is 42.8 Å². The molecule has 3 aromatic heterocycles. The molecule has 0 radical (unpaired) electrons. The Morgan fingerprint density at radius 3 is 2.79 bits per heavy atom. The average Bonchev–Trinajstić information content (AvgIpc) is 3.39. The molecule has 0 unspecified atom stereocenters. The van der Waals surface area contributed by atoms with Gasteiger partial charge in [0.05, 0.1) is 24.3 Å². The summed E-state index contributed by atoms with van der Waals surface area (Å²) in [7, 11) is 7.56. The first-order chi connectivity index (χ1) is 15.8. The molecule has 3 heterocycles. The lowest BCUT2D eigenvalue weighted by Gasteiger charge is -2.34. The summed E-state index contributed by atoms with van der Waals surface area (Å²) >= 11 is 0. The van der Waals surface area contributed by atoms with Crippen molar-refractivity contribution >= 4 is 11.4 Å². The first-order valence-corrected chi connectivity index (χ1v) is 11.1. The molecule has 1 aliphatic carbocycles. The molecule has 1 amide bonds. The largest absolute Gasteiger partial charge is 0.473 e. The van der Waals surface area contributed by atoms with Gasteiger partial charge in [-0.3, -0.25) is 9.48 Å². The van der Waals surface area contributed by atoms with Crippen molar-refractivity contribution < 1.29 is 13.9 Å². The Morgan fingerprint density at radius 2 is 2.06 bits per heavy atom. The molecule has 33 heavy (non-hydrogen) atoms. The standard InChI is InChI=1S/C23H30FN7O2/c1-28(2)10-6-9-21(32)30(4)17-7-5-8-18(11-17)33-23-22-19(24)13-26-31(22)15-20(27-23)16-12-25-29(3)14-16/h6,9,12-15,17-18H,5,7-8,10-11H2,1-4H3/b9-6+/t17-,18+/m0/s1. The van der Waals surface area contributed by atoms with Crippen molar-refractivity contribution in [2.45, 2.75) is 37.8 Å². The number of fused-ring (bicyclic) bond motifs is 1. The number of rotatable bonds is 7. The lowest BCUT2D eigenvalue weighted by atomic mass is 9.92. The van der Waals surface area contributed by atoms with Crippen LogP contribution in [0.2, 0.25) is 0 Å². The van der Waals surface area contributed by atoms with Gasteiger partial charge in [-0.15, -0.1) is 0 Å². The Bertz CT molecular complexity index is 1150. The van der Waals surface area contributed by atoms with E-state index in [1.54, 1.807) is 28.1 Å². The van der Waals surface area contributed by atoms with Crippen LogP contribution in [0, 0.1) is 5.82 Å². The summed E-state index contributed by atoms with van der Waals surface area (Å²) < 4.78 is 23.9. The lowest BCUT2D eigenvalue weighted by Crippen LogP contribution is -2.42. The molecular formula is C23H30FN7O2. The molecule has 4 rings (SSSR count). The average molecular weight is 456 g/mol. The normalized spacial score (nSPS) is 19.0. The zero-order valence-corrected chi connectivity index (χ0v) is 19.5. The van der Waals surface area contributed by atoms with Crippen LogP contribution in [0.5, 0.6) is 5.88 Å². The van der Waals surface area contributed by atoms with E-state index in [9.17, 15) is 9.18 Å². The highest BCUT2D eigenvalue weighted by Crippen LogP contribution is 2.30. The van der Waals surface area contributed by atoms with E-state index in [1.807, 2.05) is 45.4 Å². The molecule has 9 nitrogen and oxygen atoms in total. The molecule has 10 heteroatoms. The molecule has 176 valence electrons. The summed E-state index contributed by atoms with van der Waals surface area (Å²) in [6, 6.07) is 0.0486. The molecular weight excluding hydrogens is 425 g/mol. The molecule has 2 atom stereocenters. The molecule has 3 aromatic rings. The van der Waals surface area contributed by atoms with Gasteiger partial charge in [-0.1, -0.05) is 6.08 Å². The van der Waals surface area contributed by atoms with E-state index in [-0.39, 0.29) is 29.4 Å². The second kappa shape index (κ2) is 9.70. The summed E-state index contributed by atoms with van der Waals surface area (Å²) in [6.45, 7) is 0.710. The zero-order valence-electron chi connectivity index (χ0n) is 19.5. The summed E-state index contributed by atoms with van der Waals surface area (Å²) in [5, 5.41) is 8.29. The Morgan fingerprint density at radius 1 is 1.24 bits per heavy atom. The van der Waals surface area contributed by atoms with E-state index in [2.05, 4.69) is 15.2 Å². The highest BCUT2D eigenvalue weighted by Gasteiger charge is 2.29. The molecule has 0 aliphatic heterocycles. The van der Waals surface area contributed by atoms with Crippen LogP contribution in [0.15, 0.2) is 36.9 Å². The Labute approximate surface area is 192 Å². The number of likely N-dealkylation sites (N-methyl/N-ethyl adjacent to an activating group) is 2. The second-order valence-corrected chi connectivity index (χ2v) is 8.79. The first kappa shape index (κ1) is 22.9. The van der Waals surface area contributed by atoms with Crippen LogP contribution in [0.4, 0.5) is 4.39 Å². The number of aromatic nitrogens is 5. The van der Waals surface area contributed by atoms with E-state index in [0.29, 0.717) is 18.7 Å². The minimum absolute atomic E-state index is 0.0246. The van der Waals surface area contributed by atoms with Gasteiger partial charge in [0.15, 0.2) is 11.3 Å². The molecule has 0 saturated heterocycles. The van der Waals surface area contributed by atoms with E-state index >= 15 is 0 Å². The first-order valence-electron chi connectivity index (χ1n) is 11.1. The number of carbonyl (C=O) groups is 1. The summed E-state index contributed by atoms with van der Waals surface area (Å²) in [4.78, 5) is 20.9. The molecule has 0 spiro atoms. The smallest absolute Gasteiger partial charge is 0.246 e. The number of halogens is 1. The Hall–Kier alpha value is -3.27. The zero-order chi connectivity index (χ0) is 23.5. The summed E-state index contributed by atoms with van der Waals surface area (Å²) in [6.07, 6.45) is 12.9. The number of nitrogens with zero attached hydrogens (tertiary/aromatic N) is 7. The maximum absolute atomic E-state index is 14.5. The molecule has 1 aliphatic rings. The molecule has 1 fully saturated rings. The Kier molecular flexibility index (Phi) is 6.73. The fourth-order valence-electron chi connectivity index (χ4n) is 4.12. The van der Waals surface area contributed by atoms with Gasteiger partial charge in [-0.2, -0.15) is 10.2 Å². The third-order valence-corrected chi connectivity index (χ3v) is 5.92. The third-order valence-electron chi connectivity index (χ3n) is 5.92. The van der Waals surface area contributed by atoms with Gasteiger partial charge in [-0.05, 0) is 33.4 Å².